The van der Waals surface area contributed by atoms with Crippen molar-refractivity contribution in [3.8, 4) is 11.8 Å². The Kier molecular flexibility index (Phi) is 3.74. The summed E-state index contributed by atoms with van der Waals surface area (Å²) in [5.74, 6) is 5.41. The molecular formula is C13H11N3O2. The van der Waals surface area contributed by atoms with Gasteiger partial charge in [-0.1, -0.05) is 17.0 Å². The lowest BCUT2D eigenvalue weighted by Crippen LogP contribution is -2.11. The van der Waals surface area contributed by atoms with Crippen LogP contribution in [0.3, 0.4) is 0 Å². The molecule has 1 heterocycles. The van der Waals surface area contributed by atoms with E-state index in [1.807, 2.05) is 0 Å². The number of nitrogens with zero attached hydrogens (tertiary/aromatic N) is 1. The molecule has 0 radical (unpaired) electrons. The normalized spacial score (nSPS) is 9.39. The van der Waals surface area contributed by atoms with Crippen molar-refractivity contribution in [3.05, 3.63) is 47.9 Å². The van der Waals surface area contributed by atoms with Gasteiger partial charge < -0.3 is 15.6 Å². The average molecular weight is 241 g/mol. The minimum atomic E-state index is -0.225. The van der Waals surface area contributed by atoms with E-state index in [2.05, 4.69) is 26.8 Å². The van der Waals surface area contributed by atoms with Gasteiger partial charge in [-0.05, 0) is 24.3 Å². The van der Waals surface area contributed by atoms with Crippen LogP contribution in [0.2, 0.25) is 0 Å². The maximum Gasteiger partial charge on any atom is 0.255 e. The highest BCUT2D eigenvalue weighted by Gasteiger charge is 2.06. The molecule has 0 saturated carbocycles. The predicted molar refractivity (Wildman–Crippen MR) is 66.8 cm³/mol. The molecule has 1 aromatic carbocycles. The molecule has 1 amide bonds. The Balaban J connectivity index is 2.07. The molecule has 0 aliphatic carbocycles. The van der Waals surface area contributed by atoms with Gasteiger partial charge in [0.2, 0.25) is 0 Å². The number of nitrogens with one attached hydrogen (secondary N) is 1. The third-order valence-corrected chi connectivity index (χ3v) is 2.17. The number of carbonyl (C=O) groups is 1. The lowest BCUT2D eigenvalue weighted by atomic mass is 10.1. The Hall–Kier alpha value is -2.58. The standard InChI is InChI=1S/C13H11N3O2/c14-7-1-2-10-3-5-11(6-4-10)13(17)16-12-8-15-18-9-12/h3-6,8-9H,7,14H2,(H,16,17). The summed E-state index contributed by atoms with van der Waals surface area (Å²) in [6.07, 6.45) is 2.79. The maximum absolute atomic E-state index is 11.8. The molecule has 0 saturated heterocycles. The van der Waals surface area contributed by atoms with Gasteiger partial charge in [-0.3, -0.25) is 4.79 Å². The molecular weight excluding hydrogens is 230 g/mol. The first kappa shape index (κ1) is 11.9. The lowest BCUT2D eigenvalue weighted by molar-refractivity contribution is 0.102. The summed E-state index contributed by atoms with van der Waals surface area (Å²) < 4.78 is 4.62. The Morgan fingerprint density at radius 1 is 1.39 bits per heavy atom. The molecule has 0 spiro atoms. The predicted octanol–water partition coefficient (Wildman–Crippen LogP) is 1.24. The second-order valence-electron chi connectivity index (χ2n) is 3.45. The summed E-state index contributed by atoms with van der Waals surface area (Å²) >= 11 is 0. The number of anilines is 1. The Morgan fingerprint density at radius 2 is 2.17 bits per heavy atom. The van der Waals surface area contributed by atoms with Crippen molar-refractivity contribution in [1.82, 2.24) is 5.16 Å². The number of hydrogen-bond acceptors (Lipinski definition) is 4. The van der Waals surface area contributed by atoms with Crippen LogP contribution in [0.5, 0.6) is 0 Å². The van der Waals surface area contributed by atoms with Crippen molar-refractivity contribution in [1.29, 1.82) is 0 Å². The zero-order valence-electron chi connectivity index (χ0n) is 9.51. The maximum atomic E-state index is 11.8. The molecule has 5 nitrogen and oxygen atoms in total. The zero-order chi connectivity index (χ0) is 12.8. The number of amides is 1. The fourth-order valence-corrected chi connectivity index (χ4v) is 1.33. The topological polar surface area (TPSA) is 81.2 Å². The number of carbonyl (C=O) groups excluding carboxylic acids is 1. The van der Waals surface area contributed by atoms with E-state index in [4.69, 9.17) is 5.73 Å². The minimum Gasteiger partial charge on any atom is -0.363 e. The summed E-state index contributed by atoms with van der Waals surface area (Å²) in [7, 11) is 0. The average Bonchev–Trinajstić information content (AvgIpc) is 2.89. The molecule has 5 heteroatoms. The van der Waals surface area contributed by atoms with Gasteiger partial charge in [-0.15, -0.1) is 0 Å². The second-order valence-corrected chi connectivity index (χ2v) is 3.45. The molecule has 0 bridgehead atoms. The van der Waals surface area contributed by atoms with Gasteiger partial charge in [0.1, 0.15) is 12.0 Å². The summed E-state index contributed by atoms with van der Waals surface area (Å²) in [4.78, 5) is 11.8. The highest BCUT2D eigenvalue weighted by molar-refractivity contribution is 6.04. The summed E-state index contributed by atoms with van der Waals surface area (Å²) in [5, 5.41) is 6.15. The van der Waals surface area contributed by atoms with Gasteiger partial charge in [-0.25, -0.2) is 0 Å². The largest absolute Gasteiger partial charge is 0.363 e. The van der Waals surface area contributed by atoms with Crippen molar-refractivity contribution >= 4 is 11.6 Å². The summed E-state index contributed by atoms with van der Waals surface area (Å²) in [6, 6.07) is 6.93. The third-order valence-electron chi connectivity index (χ3n) is 2.17. The van der Waals surface area contributed by atoms with Crippen LogP contribution in [0.15, 0.2) is 41.2 Å². The summed E-state index contributed by atoms with van der Waals surface area (Å²) in [6.45, 7) is 0.315. The molecule has 0 unspecified atom stereocenters. The third kappa shape index (κ3) is 2.97. The molecule has 0 fully saturated rings. The van der Waals surface area contributed by atoms with Gasteiger partial charge in [0.25, 0.3) is 5.91 Å². The number of benzene rings is 1. The highest BCUT2D eigenvalue weighted by atomic mass is 16.5. The van der Waals surface area contributed by atoms with E-state index in [-0.39, 0.29) is 5.91 Å². The molecule has 1 aromatic heterocycles. The SMILES string of the molecule is NCC#Cc1ccc(C(=O)Nc2cnoc2)cc1. The van der Waals surface area contributed by atoms with E-state index >= 15 is 0 Å². The van der Waals surface area contributed by atoms with Crippen molar-refractivity contribution < 1.29 is 9.32 Å². The van der Waals surface area contributed by atoms with E-state index in [9.17, 15) is 4.79 Å². The smallest absolute Gasteiger partial charge is 0.255 e. The van der Waals surface area contributed by atoms with Crippen molar-refractivity contribution in [2.75, 3.05) is 11.9 Å². The molecule has 90 valence electrons. The monoisotopic (exact) mass is 241 g/mol. The van der Waals surface area contributed by atoms with Crippen molar-refractivity contribution in [2.45, 2.75) is 0 Å². The lowest BCUT2D eigenvalue weighted by Gasteiger charge is -2.01. The molecule has 2 aromatic rings. The van der Waals surface area contributed by atoms with Crippen LogP contribution in [-0.2, 0) is 0 Å². The molecule has 18 heavy (non-hydrogen) atoms. The van der Waals surface area contributed by atoms with Gasteiger partial charge in [0, 0.05) is 11.1 Å². The van der Waals surface area contributed by atoms with Crippen LogP contribution in [0.4, 0.5) is 5.69 Å². The van der Waals surface area contributed by atoms with Crippen LogP contribution in [0, 0.1) is 11.8 Å². The Bertz CT molecular complexity index is 577. The zero-order valence-corrected chi connectivity index (χ0v) is 9.51. The van der Waals surface area contributed by atoms with Crippen LogP contribution in [-0.4, -0.2) is 17.6 Å². The van der Waals surface area contributed by atoms with Gasteiger partial charge in [-0.2, -0.15) is 0 Å². The van der Waals surface area contributed by atoms with Crippen molar-refractivity contribution in [3.63, 3.8) is 0 Å². The first-order chi connectivity index (χ1) is 8.79. The van der Waals surface area contributed by atoms with Crippen LogP contribution in [0.1, 0.15) is 15.9 Å². The summed E-state index contributed by atoms with van der Waals surface area (Å²) in [5.41, 5.74) is 7.16. The van der Waals surface area contributed by atoms with Crippen LogP contribution >= 0.6 is 0 Å². The number of nitrogens with two attached hydrogens (primary N) is 1. The van der Waals surface area contributed by atoms with Gasteiger partial charge >= 0.3 is 0 Å². The quantitative estimate of drug-likeness (QED) is 0.775. The number of rotatable bonds is 2. The molecule has 0 aliphatic rings. The van der Waals surface area contributed by atoms with E-state index in [1.54, 1.807) is 24.3 Å². The van der Waals surface area contributed by atoms with Crippen molar-refractivity contribution in [2.24, 2.45) is 5.73 Å². The second kappa shape index (κ2) is 5.66. The van der Waals surface area contributed by atoms with E-state index in [0.29, 0.717) is 17.8 Å². The van der Waals surface area contributed by atoms with Gasteiger partial charge in [0.05, 0.1) is 12.7 Å². The minimum absolute atomic E-state index is 0.225. The molecule has 0 aliphatic heterocycles. The highest BCUT2D eigenvalue weighted by Crippen LogP contribution is 2.08. The molecule has 0 atom stereocenters. The molecule has 3 N–H and O–H groups in total. The fourth-order valence-electron chi connectivity index (χ4n) is 1.33. The number of hydrogen-bond donors (Lipinski definition) is 2. The fraction of sp³-hybridized carbons (Fsp3) is 0.0769. The van der Waals surface area contributed by atoms with E-state index in [1.165, 1.54) is 12.5 Å². The van der Waals surface area contributed by atoms with Gasteiger partial charge in [0.15, 0.2) is 0 Å². The number of aromatic nitrogens is 1. The van der Waals surface area contributed by atoms with Crippen LogP contribution < -0.4 is 11.1 Å². The first-order valence-electron chi connectivity index (χ1n) is 5.29. The Morgan fingerprint density at radius 3 is 2.78 bits per heavy atom. The molecule has 2 rings (SSSR count). The first-order valence-corrected chi connectivity index (χ1v) is 5.29. The van der Waals surface area contributed by atoms with E-state index < -0.39 is 0 Å². The van der Waals surface area contributed by atoms with Crippen LogP contribution in [0.25, 0.3) is 0 Å². The Labute approximate surface area is 104 Å². The van der Waals surface area contributed by atoms with E-state index in [0.717, 1.165) is 5.56 Å².